The normalized spacial score (nSPS) is 14.2. The van der Waals surface area contributed by atoms with Crippen molar-refractivity contribution < 1.29 is 0 Å². The van der Waals surface area contributed by atoms with E-state index in [1.165, 1.54) is 24.0 Å². The molecule has 22 heavy (non-hydrogen) atoms. The van der Waals surface area contributed by atoms with Crippen LogP contribution in [-0.4, -0.2) is 16.3 Å². The maximum atomic E-state index is 4.92. The van der Waals surface area contributed by atoms with Crippen LogP contribution < -0.4 is 5.32 Å². The zero-order valence-electron chi connectivity index (χ0n) is 12.1. The minimum Gasteiger partial charge on any atom is -0.370 e. The van der Waals surface area contributed by atoms with Crippen molar-refractivity contribution in [2.75, 3.05) is 11.9 Å². The summed E-state index contributed by atoms with van der Waals surface area (Å²) in [6.07, 6.45) is 3.51. The fraction of sp³-hybridized carbons (Fsp3) is 0.235. The minimum atomic E-state index is 1.01. The van der Waals surface area contributed by atoms with Crippen LogP contribution in [0.2, 0.25) is 0 Å². The van der Waals surface area contributed by atoms with E-state index in [9.17, 15) is 0 Å². The molecule has 112 valence electrons. The quantitative estimate of drug-likeness (QED) is 0.676. The molecule has 0 fully saturated rings. The van der Waals surface area contributed by atoms with Gasteiger partial charge in [0.1, 0.15) is 5.82 Å². The topological polar surface area (TPSA) is 29.9 Å². The Labute approximate surface area is 142 Å². The van der Waals surface area contributed by atoms with Gasteiger partial charge < -0.3 is 5.32 Å². The number of aromatic nitrogens is 2. The number of nitrogens with zero attached hydrogens (tertiary/aromatic N) is 2. The zero-order chi connectivity index (χ0) is 14.9. The number of fused-ring (bicyclic) bond motifs is 1. The monoisotopic (exact) mass is 373 g/mol. The van der Waals surface area contributed by atoms with E-state index in [4.69, 9.17) is 5.10 Å². The molecule has 1 aliphatic heterocycles. The maximum absolute atomic E-state index is 4.92. The second-order valence-corrected chi connectivity index (χ2v) is 7.16. The van der Waals surface area contributed by atoms with Crippen LogP contribution in [0, 0.1) is 0 Å². The summed E-state index contributed by atoms with van der Waals surface area (Å²) in [5.74, 6) is 1.15. The number of nitrogens with one attached hydrogen (secondary N) is 1. The molecular formula is C17H16BrN3S. The minimum absolute atomic E-state index is 1.01. The molecule has 0 spiro atoms. The third-order valence-corrected chi connectivity index (χ3v) is 5.21. The van der Waals surface area contributed by atoms with Crippen molar-refractivity contribution in [2.24, 2.45) is 0 Å². The van der Waals surface area contributed by atoms with Gasteiger partial charge in [-0.15, -0.1) is 0 Å². The van der Waals surface area contributed by atoms with Gasteiger partial charge >= 0.3 is 0 Å². The Balaban J connectivity index is 1.89. The van der Waals surface area contributed by atoms with Crippen molar-refractivity contribution >= 4 is 33.1 Å². The molecule has 0 atom stereocenters. The van der Waals surface area contributed by atoms with Crippen molar-refractivity contribution in [1.29, 1.82) is 0 Å². The van der Waals surface area contributed by atoms with Crippen LogP contribution in [0.1, 0.15) is 18.4 Å². The third kappa shape index (κ3) is 2.48. The fourth-order valence-corrected chi connectivity index (χ4v) is 3.81. The van der Waals surface area contributed by atoms with Gasteiger partial charge in [-0.1, -0.05) is 15.9 Å². The SMILES string of the molecule is Brc1ccc(-n2nc(-c3ccsc3)c3c2NCCCC3)cc1. The molecular weight excluding hydrogens is 358 g/mol. The van der Waals surface area contributed by atoms with E-state index in [0.29, 0.717) is 0 Å². The van der Waals surface area contributed by atoms with Crippen LogP contribution in [0.3, 0.4) is 0 Å². The van der Waals surface area contributed by atoms with Gasteiger partial charge in [-0.3, -0.25) is 0 Å². The summed E-state index contributed by atoms with van der Waals surface area (Å²) in [4.78, 5) is 0. The van der Waals surface area contributed by atoms with E-state index >= 15 is 0 Å². The summed E-state index contributed by atoms with van der Waals surface area (Å²) < 4.78 is 3.14. The molecule has 0 radical (unpaired) electrons. The molecule has 0 unspecified atom stereocenters. The molecule has 4 rings (SSSR count). The third-order valence-electron chi connectivity index (χ3n) is 4.00. The number of anilines is 1. The summed E-state index contributed by atoms with van der Waals surface area (Å²) in [5.41, 5.74) is 4.78. The second-order valence-electron chi connectivity index (χ2n) is 5.46. The van der Waals surface area contributed by atoms with Crippen molar-refractivity contribution in [3.63, 3.8) is 0 Å². The fourth-order valence-electron chi connectivity index (χ4n) is 2.90. The highest BCUT2D eigenvalue weighted by Crippen LogP contribution is 2.34. The first-order chi connectivity index (χ1) is 10.8. The lowest BCUT2D eigenvalue weighted by Gasteiger charge is -2.09. The largest absolute Gasteiger partial charge is 0.370 e. The Morgan fingerprint density at radius 2 is 2.00 bits per heavy atom. The Bertz CT molecular complexity index is 775. The lowest BCUT2D eigenvalue weighted by molar-refractivity contribution is 0.780. The molecule has 2 aromatic heterocycles. The Morgan fingerprint density at radius 3 is 2.77 bits per heavy atom. The summed E-state index contributed by atoms with van der Waals surface area (Å²) in [5, 5.41) is 12.8. The van der Waals surface area contributed by atoms with Gasteiger partial charge in [-0.25, -0.2) is 4.68 Å². The van der Waals surface area contributed by atoms with Crippen LogP contribution in [0.4, 0.5) is 5.82 Å². The van der Waals surface area contributed by atoms with Crippen molar-refractivity contribution in [3.05, 3.63) is 51.1 Å². The van der Waals surface area contributed by atoms with Crippen LogP contribution in [0.15, 0.2) is 45.6 Å². The number of halogens is 1. The molecule has 3 heterocycles. The number of benzene rings is 1. The van der Waals surface area contributed by atoms with Crippen molar-refractivity contribution in [3.8, 4) is 16.9 Å². The van der Waals surface area contributed by atoms with Crippen LogP contribution in [-0.2, 0) is 6.42 Å². The van der Waals surface area contributed by atoms with Gasteiger partial charge in [0.25, 0.3) is 0 Å². The summed E-state index contributed by atoms with van der Waals surface area (Å²) in [7, 11) is 0. The molecule has 0 amide bonds. The van der Waals surface area contributed by atoms with E-state index in [2.05, 4.69) is 67.0 Å². The second kappa shape index (κ2) is 5.89. The predicted molar refractivity (Wildman–Crippen MR) is 96.0 cm³/mol. The number of hydrogen-bond acceptors (Lipinski definition) is 3. The summed E-state index contributed by atoms with van der Waals surface area (Å²) in [6.45, 7) is 1.01. The van der Waals surface area contributed by atoms with Crippen molar-refractivity contribution in [1.82, 2.24) is 9.78 Å². The highest BCUT2D eigenvalue weighted by atomic mass is 79.9. The summed E-state index contributed by atoms with van der Waals surface area (Å²) >= 11 is 5.22. The molecule has 0 bridgehead atoms. The van der Waals surface area contributed by atoms with Gasteiger partial charge in [-0.05, 0) is 55.0 Å². The van der Waals surface area contributed by atoms with Gasteiger partial charge in [0.2, 0.25) is 0 Å². The highest BCUT2D eigenvalue weighted by molar-refractivity contribution is 9.10. The molecule has 1 aromatic carbocycles. The van der Waals surface area contributed by atoms with Crippen LogP contribution in [0.25, 0.3) is 16.9 Å². The average molecular weight is 374 g/mol. The van der Waals surface area contributed by atoms with Crippen LogP contribution in [0.5, 0.6) is 0 Å². The van der Waals surface area contributed by atoms with Gasteiger partial charge in [0.05, 0.1) is 11.4 Å². The molecule has 0 saturated carbocycles. The molecule has 1 aliphatic rings. The maximum Gasteiger partial charge on any atom is 0.133 e. The first-order valence-corrected chi connectivity index (χ1v) is 9.21. The lowest BCUT2D eigenvalue weighted by atomic mass is 10.1. The van der Waals surface area contributed by atoms with Gasteiger partial charge in [0.15, 0.2) is 0 Å². The van der Waals surface area contributed by atoms with E-state index in [1.54, 1.807) is 11.3 Å². The van der Waals surface area contributed by atoms with E-state index < -0.39 is 0 Å². The summed E-state index contributed by atoms with van der Waals surface area (Å²) in [6, 6.07) is 10.5. The smallest absolute Gasteiger partial charge is 0.133 e. The van der Waals surface area contributed by atoms with E-state index in [0.717, 1.165) is 34.6 Å². The molecule has 5 heteroatoms. The number of rotatable bonds is 2. The van der Waals surface area contributed by atoms with Crippen molar-refractivity contribution in [2.45, 2.75) is 19.3 Å². The first-order valence-electron chi connectivity index (χ1n) is 7.47. The van der Waals surface area contributed by atoms with E-state index in [1.807, 2.05) is 0 Å². The molecule has 1 N–H and O–H groups in total. The molecule has 3 aromatic rings. The number of thiophene rings is 1. The highest BCUT2D eigenvalue weighted by Gasteiger charge is 2.21. The molecule has 0 saturated heterocycles. The number of hydrogen-bond donors (Lipinski definition) is 1. The van der Waals surface area contributed by atoms with Gasteiger partial charge in [-0.2, -0.15) is 16.4 Å². The Kier molecular flexibility index (Phi) is 3.76. The predicted octanol–water partition coefficient (Wildman–Crippen LogP) is 5.11. The standard InChI is InChI=1S/C17H16BrN3S/c18-13-4-6-14(7-5-13)21-17-15(3-1-2-9-19-17)16(20-21)12-8-10-22-11-12/h4-8,10-11,19H,1-3,9H2. The molecule has 0 aliphatic carbocycles. The van der Waals surface area contributed by atoms with E-state index in [-0.39, 0.29) is 0 Å². The Hall–Kier alpha value is -1.59. The molecule has 3 nitrogen and oxygen atoms in total. The van der Waals surface area contributed by atoms with Crippen LogP contribution >= 0.6 is 27.3 Å². The first kappa shape index (κ1) is 14.0. The zero-order valence-corrected chi connectivity index (χ0v) is 14.5. The Morgan fingerprint density at radius 1 is 1.14 bits per heavy atom. The lowest BCUT2D eigenvalue weighted by Crippen LogP contribution is -2.07. The average Bonchev–Trinajstić information content (AvgIpc) is 3.10. The van der Waals surface area contributed by atoms with Gasteiger partial charge in [0, 0.05) is 27.5 Å².